The van der Waals surface area contributed by atoms with Crippen molar-refractivity contribution in [1.82, 2.24) is 9.78 Å². The van der Waals surface area contributed by atoms with Crippen molar-refractivity contribution in [2.24, 2.45) is 7.05 Å². The molecule has 84 valence electrons. The Morgan fingerprint density at radius 3 is 3.00 bits per heavy atom. The number of hydrogen-bond acceptors (Lipinski definition) is 5. The maximum Gasteiger partial charge on any atom is 0.187 e. The van der Waals surface area contributed by atoms with Gasteiger partial charge in [0, 0.05) is 20.4 Å². The van der Waals surface area contributed by atoms with Crippen LogP contribution in [-0.4, -0.2) is 39.8 Å². The van der Waals surface area contributed by atoms with Gasteiger partial charge < -0.3 is 19.7 Å². The second-order valence-corrected chi connectivity index (χ2v) is 3.51. The van der Waals surface area contributed by atoms with Crippen LogP contribution in [0.25, 0.3) is 0 Å². The van der Waals surface area contributed by atoms with E-state index in [0.717, 1.165) is 0 Å². The highest BCUT2D eigenvalue weighted by Gasteiger charge is 2.36. The van der Waals surface area contributed by atoms with Gasteiger partial charge in [-0.3, -0.25) is 4.68 Å². The Balaban J connectivity index is 2.39. The van der Waals surface area contributed by atoms with Crippen molar-refractivity contribution in [3.05, 3.63) is 17.5 Å². The Hall–Kier alpha value is -0.950. The van der Waals surface area contributed by atoms with E-state index in [0.29, 0.717) is 11.3 Å². The summed E-state index contributed by atoms with van der Waals surface area (Å²) in [6.45, 7) is -0.267. The van der Waals surface area contributed by atoms with E-state index in [1.807, 2.05) is 0 Å². The lowest BCUT2D eigenvalue weighted by atomic mass is 10.0. The van der Waals surface area contributed by atoms with Gasteiger partial charge in [0.05, 0.1) is 12.2 Å². The third kappa shape index (κ3) is 1.65. The molecular formula is C9H14N2O4. The van der Waals surface area contributed by atoms with Crippen molar-refractivity contribution in [2.45, 2.75) is 18.5 Å². The summed E-state index contributed by atoms with van der Waals surface area (Å²) < 4.78 is 12.1. The molecule has 0 bridgehead atoms. The molecule has 1 aromatic heterocycles. The van der Waals surface area contributed by atoms with E-state index in [1.54, 1.807) is 17.9 Å². The molecule has 15 heavy (non-hydrogen) atoms. The predicted molar refractivity (Wildman–Crippen MR) is 49.9 cm³/mol. The highest BCUT2D eigenvalue weighted by atomic mass is 16.7. The summed E-state index contributed by atoms with van der Waals surface area (Å²) in [5.74, 6) is 0. The number of aliphatic hydroxyl groups is 2. The van der Waals surface area contributed by atoms with E-state index >= 15 is 0 Å². The number of hydrogen-bond donors (Lipinski definition) is 2. The average Bonchev–Trinajstić information content (AvgIpc) is 2.61. The van der Waals surface area contributed by atoms with Crippen molar-refractivity contribution in [3.8, 4) is 0 Å². The Morgan fingerprint density at radius 1 is 1.67 bits per heavy atom. The van der Waals surface area contributed by atoms with Crippen molar-refractivity contribution in [1.29, 1.82) is 0 Å². The highest BCUT2D eigenvalue weighted by Crippen LogP contribution is 2.35. The van der Waals surface area contributed by atoms with Crippen LogP contribution in [0.4, 0.5) is 0 Å². The molecule has 0 aromatic carbocycles. The molecule has 3 atom stereocenters. The molecule has 2 N–H and O–H groups in total. The molecule has 2 heterocycles. The second kappa shape index (κ2) is 3.90. The Kier molecular flexibility index (Phi) is 2.74. The molecule has 1 aliphatic heterocycles. The largest absolute Gasteiger partial charge is 0.394 e. The van der Waals surface area contributed by atoms with E-state index in [1.165, 1.54) is 7.11 Å². The smallest absolute Gasteiger partial charge is 0.187 e. The zero-order chi connectivity index (χ0) is 11.0. The molecule has 1 aliphatic rings. The zero-order valence-electron chi connectivity index (χ0n) is 8.62. The molecule has 0 radical (unpaired) electrons. The number of methoxy groups -OCH3 is 1. The minimum Gasteiger partial charge on any atom is -0.394 e. The number of nitrogens with zero attached hydrogens (tertiary/aromatic N) is 2. The van der Waals surface area contributed by atoms with Gasteiger partial charge in [0.25, 0.3) is 0 Å². The number of fused-ring (bicyclic) bond motifs is 1. The first-order valence-electron chi connectivity index (χ1n) is 4.68. The number of rotatable bonds is 2. The molecular weight excluding hydrogens is 200 g/mol. The highest BCUT2D eigenvalue weighted by molar-refractivity contribution is 5.24. The van der Waals surface area contributed by atoms with Gasteiger partial charge in [-0.1, -0.05) is 0 Å². The fourth-order valence-corrected chi connectivity index (χ4v) is 1.74. The van der Waals surface area contributed by atoms with E-state index in [2.05, 4.69) is 5.10 Å². The number of aliphatic hydroxyl groups excluding tert-OH is 2. The van der Waals surface area contributed by atoms with E-state index < -0.39 is 18.5 Å². The monoisotopic (exact) mass is 214 g/mol. The van der Waals surface area contributed by atoms with Crippen LogP contribution in [0.1, 0.15) is 23.7 Å². The fourth-order valence-electron chi connectivity index (χ4n) is 1.74. The summed E-state index contributed by atoms with van der Waals surface area (Å²) in [6.07, 6.45) is -0.426. The molecule has 2 rings (SSSR count). The van der Waals surface area contributed by atoms with E-state index in [-0.39, 0.29) is 6.61 Å². The first kappa shape index (κ1) is 10.6. The van der Waals surface area contributed by atoms with Crippen molar-refractivity contribution in [2.75, 3.05) is 13.7 Å². The number of aromatic nitrogens is 2. The summed E-state index contributed by atoms with van der Waals surface area (Å²) >= 11 is 0. The van der Waals surface area contributed by atoms with Crippen LogP contribution in [0.3, 0.4) is 0 Å². The Bertz CT molecular complexity index is 352. The number of aryl methyl sites for hydroxylation is 1. The van der Waals surface area contributed by atoms with Gasteiger partial charge in [0.1, 0.15) is 17.9 Å². The van der Waals surface area contributed by atoms with Gasteiger partial charge in [-0.25, -0.2) is 0 Å². The quantitative estimate of drug-likeness (QED) is 0.693. The predicted octanol–water partition coefficient (Wildman–Crippen LogP) is -0.510. The molecule has 0 amide bonds. The molecule has 1 aromatic rings. The van der Waals surface area contributed by atoms with Crippen LogP contribution in [0, 0.1) is 0 Å². The van der Waals surface area contributed by atoms with E-state index in [9.17, 15) is 5.11 Å². The van der Waals surface area contributed by atoms with Crippen molar-refractivity contribution in [3.63, 3.8) is 0 Å². The lowest BCUT2D eigenvalue weighted by molar-refractivity contribution is -0.208. The Morgan fingerprint density at radius 2 is 2.40 bits per heavy atom. The van der Waals surface area contributed by atoms with E-state index in [4.69, 9.17) is 14.6 Å². The SMILES string of the molecule is CO[C@H]1O[C@H](CO)[C@@H](O)c2nn(C)cc21. The normalized spacial score (nSPS) is 30.3. The summed E-state index contributed by atoms with van der Waals surface area (Å²) in [5, 5.41) is 23.0. The van der Waals surface area contributed by atoms with Crippen molar-refractivity contribution < 1.29 is 19.7 Å². The summed E-state index contributed by atoms with van der Waals surface area (Å²) in [4.78, 5) is 0. The molecule has 0 spiro atoms. The minimum absolute atomic E-state index is 0.267. The molecule has 0 aliphatic carbocycles. The van der Waals surface area contributed by atoms with Gasteiger partial charge >= 0.3 is 0 Å². The van der Waals surface area contributed by atoms with Crippen molar-refractivity contribution >= 4 is 0 Å². The third-order valence-corrected chi connectivity index (χ3v) is 2.47. The van der Waals surface area contributed by atoms with Gasteiger partial charge in [-0.05, 0) is 0 Å². The number of ether oxygens (including phenoxy) is 2. The lowest BCUT2D eigenvalue weighted by Crippen LogP contribution is -2.33. The van der Waals surface area contributed by atoms with Crippen LogP contribution < -0.4 is 0 Å². The van der Waals surface area contributed by atoms with Gasteiger partial charge in [-0.15, -0.1) is 0 Å². The summed E-state index contributed by atoms with van der Waals surface area (Å²) in [6, 6.07) is 0. The lowest BCUT2D eigenvalue weighted by Gasteiger charge is -2.30. The van der Waals surface area contributed by atoms with Crippen LogP contribution in [0.15, 0.2) is 6.20 Å². The average molecular weight is 214 g/mol. The molecule has 0 unspecified atom stereocenters. The summed E-state index contributed by atoms with van der Waals surface area (Å²) in [5.41, 5.74) is 1.21. The van der Waals surface area contributed by atoms with Crippen LogP contribution in [-0.2, 0) is 16.5 Å². The van der Waals surface area contributed by atoms with Gasteiger partial charge in [0.15, 0.2) is 6.29 Å². The van der Waals surface area contributed by atoms with Gasteiger partial charge in [0.2, 0.25) is 0 Å². The topological polar surface area (TPSA) is 76.7 Å². The van der Waals surface area contributed by atoms with Crippen LogP contribution in [0.5, 0.6) is 0 Å². The summed E-state index contributed by atoms with van der Waals surface area (Å²) in [7, 11) is 3.26. The Labute approximate surface area is 87.0 Å². The molecule has 6 nitrogen and oxygen atoms in total. The van der Waals surface area contributed by atoms with Gasteiger partial charge in [-0.2, -0.15) is 5.10 Å². The fraction of sp³-hybridized carbons (Fsp3) is 0.667. The first-order valence-corrected chi connectivity index (χ1v) is 4.68. The standard InChI is InChI=1S/C9H14N2O4/c1-11-3-5-7(10-11)8(13)6(4-12)15-9(5)14-2/h3,6,8-9,12-13H,4H2,1-2H3/t6-,8-,9+/m1/s1. The zero-order valence-corrected chi connectivity index (χ0v) is 8.62. The van der Waals surface area contributed by atoms with Crippen LogP contribution >= 0.6 is 0 Å². The molecule has 0 saturated heterocycles. The molecule has 6 heteroatoms. The maximum absolute atomic E-state index is 9.83. The third-order valence-electron chi connectivity index (χ3n) is 2.47. The minimum atomic E-state index is -0.905. The second-order valence-electron chi connectivity index (χ2n) is 3.51. The molecule has 0 fully saturated rings. The van der Waals surface area contributed by atoms with Crippen LogP contribution in [0.2, 0.25) is 0 Å². The maximum atomic E-state index is 9.83. The molecule has 0 saturated carbocycles. The first-order chi connectivity index (χ1) is 7.17.